The SMILES string of the molecule is O=C(Cn1c(Cc2ccc(Cl)c(Cl)c2)nc2ccccc21)NCCN1CCOCC1. The van der Waals surface area contributed by atoms with Gasteiger partial charge >= 0.3 is 0 Å². The fourth-order valence-electron chi connectivity index (χ4n) is 3.65. The van der Waals surface area contributed by atoms with Crippen LogP contribution < -0.4 is 5.32 Å². The number of benzene rings is 2. The topological polar surface area (TPSA) is 59.4 Å². The molecule has 4 rings (SSSR count). The second kappa shape index (κ2) is 9.79. The van der Waals surface area contributed by atoms with Crippen molar-refractivity contribution in [2.24, 2.45) is 0 Å². The second-order valence-electron chi connectivity index (χ2n) is 7.33. The maximum absolute atomic E-state index is 12.7. The summed E-state index contributed by atoms with van der Waals surface area (Å²) in [7, 11) is 0. The van der Waals surface area contributed by atoms with Gasteiger partial charge in [-0.25, -0.2) is 4.98 Å². The molecule has 0 spiro atoms. The van der Waals surface area contributed by atoms with Crippen LogP contribution in [0, 0.1) is 0 Å². The van der Waals surface area contributed by atoms with E-state index >= 15 is 0 Å². The third-order valence-electron chi connectivity index (χ3n) is 5.24. The van der Waals surface area contributed by atoms with Crippen molar-refractivity contribution in [3.63, 3.8) is 0 Å². The van der Waals surface area contributed by atoms with Crippen LogP contribution in [0.2, 0.25) is 10.0 Å². The molecule has 0 saturated carbocycles. The number of halogens is 2. The first-order valence-corrected chi connectivity index (χ1v) is 10.8. The second-order valence-corrected chi connectivity index (χ2v) is 8.15. The van der Waals surface area contributed by atoms with Crippen LogP contribution in [0.4, 0.5) is 0 Å². The summed E-state index contributed by atoms with van der Waals surface area (Å²) in [5, 5.41) is 4.07. The number of nitrogens with one attached hydrogen (secondary N) is 1. The lowest BCUT2D eigenvalue weighted by molar-refractivity contribution is -0.121. The Hall–Kier alpha value is -2.12. The monoisotopic (exact) mass is 446 g/mol. The fraction of sp³-hybridized carbons (Fsp3) is 0.364. The fourth-order valence-corrected chi connectivity index (χ4v) is 3.97. The predicted molar refractivity (Wildman–Crippen MR) is 119 cm³/mol. The van der Waals surface area contributed by atoms with Crippen molar-refractivity contribution in [3.05, 3.63) is 63.9 Å². The van der Waals surface area contributed by atoms with E-state index in [1.54, 1.807) is 6.07 Å². The highest BCUT2D eigenvalue weighted by Gasteiger charge is 2.15. The largest absolute Gasteiger partial charge is 0.379 e. The lowest BCUT2D eigenvalue weighted by Gasteiger charge is -2.26. The zero-order valence-electron chi connectivity index (χ0n) is 16.6. The number of amides is 1. The van der Waals surface area contributed by atoms with Crippen LogP contribution in [0.25, 0.3) is 11.0 Å². The summed E-state index contributed by atoms with van der Waals surface area (Å²) in [4.78, 5) is 19.7. The van der Waals surface area contributed by atoms with Crippen LogP contribution in [0.3, 0.4) is 0 Å². The van der Waals surface area contributed by atoms with Crippen LogP contribution >= 0.6 is 23.2 Å². The molecule has 1 saturated heterocycles. The summed E-state index contributed by atoms with van der Waals surface area (Å²) in [5.41, 5.74) is 2.80. The number of fused-ring (bicyclic) bond motifs is 1. The molecule has 158 valence electrons. The lowest BCUT2D eigenvalue weighted by atomic mass is 10.1. The molecule has 1 fully saturated rings. The number of carbonyl (C=O) groups is 1. The highest BCUT2D eigenvalue weighted by Crippen LogP contribution is 2.25. The van der Waals surface area contributed by atoms with Gasteiger partial charge in [0.25, 0.3) is 0 Å². The van der Waals surface area contributed by atoms with Crippen LogP contribution in [0.15, 0.2) is 42.5 Å². The standard InChI is InChI=1S/C22H24Cl2N4O2/c23-17-6-5-16(13-18(17)24)14-21-26-19-3-1-2-4-20(19)28(21)15-22(29)25-7-8-27-9-11-30-12-10-27/h1-6,13H,7-12,14-15H2,(H,25,29). The van der Waals surface area contributed by atoms with Crippen molar-refractivity contribution in [2.75, 3.05) is 39.4 Å². The Morgan fingerprint density at radius 2 is 1.90 bits per heavy atom. The number of ether oxygens (including phenoxy) is 1. The first-order chi connectivity index (χ1) is 14.6. The van der Waals surface area contributed by atoms with Crippen molar-refractivity contribution in [2.45, 2.75) is 13.0 Å². The minimum atomic E-state index is -0.0261. The number of carbonyl (C=O) groups excluding carboxylic acids is 1. The van der Waals surface area contributed by atoms with E-state index in [2.05, 4.69) is 10.2 Å². The van der Waals surface area contributed by atoms with E-state index in [-0.39, 0.29) is 12.5 Å². The average molecular weight is 447 g/mol. The normalized spacial score (nSPS) is 14.9. The number of rotatable bonds is 7. The average Bonchev–Trinajstić information content (AvgIpc) is 3.08. The van der Waals surface area contributed by atoms with E-state index in [0.717, 1.165) is 55.3 Å². The van der Waals surface area contributed by atoms with Gasteiger partial charge in [-0.05, 0) is 29.8 Å². The zero-order chi connectivity index (χ0) is 20.9. The van der Waals surface area contributed by atoms with Gasteiger partial charge in [0.15, 0.2) is 0 Å². The van der Waals surface area contributed by atoms with Crippen LogP contribution in [-0.4, -0.2) is 59.8 Å². The molecule has 1 N–H and O–H groups in total. The third kappa shape index (κ3) is 5.13. The van der Waals surface area contributed by atoms with Gasteiger partial charge in [0, 0.05) is 32.6 Å². The molecule has 0 aliphatic carbocycles. The Morgan fingerprint density at radius 1 is 1.10 bits per heavy atom. The van der Waals surface area contributed by atoms with Gasteiger partial charge in [-0.2, -0.15) is 0 Å². The zero-order valence-corrected chi connectivity index (χ0v) is 18.1. The summed E-state index contributed by atoms with van der Waals surface area (Å²) < 4.78 is 7.33. The number of nitrogens with zero attached hydrogens (tertiary/aromatic N) is 3. The van der Waals surface area contributed by atoms with E-state index in [4.69, 9.17) is 32.9 Å². The van der Waals surface area contributed by atoms with Crippen molar-refractivity contribution in [1.82, 2.24) is 19.8 Å². The Labute approximate surface area is 185 Å². The van der Waals surface area contributed by atoms with E-state index < -0.39 is 0 Å². The number of hydrogen-bond acceptors (Lipinski definition) is 4. The van der Waals surface area contributed by atoms with Crippen molar-refractivity contribution in [3.8, 4) is 0 Å². The van der Waals surface area contributed by atoms with Crippen molar-refractivity contribution in [1.29, 1.82) is 0 Å². The highest BCUT2D eigenvalue weighted by atomic mass is 35.5. The maximum atomic E-state index is 12.7. The summed E-state index contributed by atoms with van der Waals surface area (Å²) >= 11 is 12.2. The van der Waals surface area contributed by atoms with E-state index in [1.807, 2.05) is 41.0 Å². The summed E-state index contributed by atoms with van der Waals surface area (Å²) in [5.74, 6) is 0.791. The lowest BCUT2D eigenvalue weighted by Crippen LogP contribution is -2.41. The third-order valence-corrected chi connectivity index (χ3v) is 5.97. The summed E-state index contributed by atoms with van der Waals surface area (Å²) in [6.07, 6.45) is 0.562. The molecule has 2 aromatic carbocycles. The van der Waals surface area contributed by atoms with Gasteiger partial charge in [0.05, 0.1) is 34.3 Å². The molecule has 0 bridgehead atoms. The number of para-hydroxylation sites is 2. The van der Waals surface area contributed by atoms with Crippen LogP contribution in [0.1, 0.15) is 11.4 Å². The first-order valence-electron chi connectivity index (χ1n) is 10.0. The minimum absolute atomic E-state index is 0.0261. The number of aromatic nitrogens is 2. The number of morpholine rings is 1. The maximum Gasteiger partial charge on any atom is 0.240 e. The summed E-state index contributed by atoms with van der Waals surface area (Å²) in [6, 6.07) is 13.4. The molecule has 0 atom stereocenters. The Balaban J connectivity index is 1.46. The smallest absolute Gasteiger partial charge is 0.240 e. The Morgan fingerprint density at radius 3 is 2.70 bits per heavy atom. The van der Waals surface area contributed by atoms with Crippen molar-refractivity contribution >= 4 is 40.1 Å². The molecule has 8 heteroatoms. The van der Waals surface area contributed by atoms with Crippen LogP contribution in [0.5, 0.6) is 0 Å². The first kappa shape index (κ1) is 21.1. The quantitative estimate of drug-likeness (QED) is 0.604. The van der Waals surface area contributed by atoms with E-state index in [1.165, 1.54) is 0 Å². The molecule has 30 heavy (non-hydrogen) atoms. The molecule has 6 nitrogen and oxygen atoms in total. The van der Waals surface area contributed by atoms with E-state index in [9.17, 15) is 4.79 Å². The summed E-state index contributed by atoms with van der Waals surface area (Å²) in [6.45, 7) is 5.01. The van der Waals surface area contributed by atoms with Gasteiger partial charge in [0.1, 0.15) is 12.4 Å². The molecule has 3 aromatic rings. The van der Waals surface area contributed by atoms with Crippen LogP contribution in [-0.2, 0) is 22.5 Å². The molecule has 1 aliphatic heterocycles. The van der Waals surface area contributed by atoms with Gasteiger partial charge in [-0.1, -0.05) is 41.4 Å². The molecule has 2 heterocycles. The van der Waals surface area contributed by atoms with Gasteiger partial charge < -0.3 is 14.6 Å². The molecule has 0 radical (unpaired) electrons. The van der Waals surface area contributed by atoms with E-state index in [0.29, 0.717) is 23.0 Å². The van der Waals surface area contributed by atoms with Gasteiger partial charge in [0.2, 0.25) is 5.91 Å². The molecule has 1 amide bonds. The molecule has 0 unspecified atom stereocenters. The van der Waals surface area contributed by atoms with Gasteiger partial charge in [-0.15, -0.1) is 0 Å². The Kier molecular flexibility index (Phi) is 6.89. The predicted octanol–water partition coefficient (Wildman–Crippen LogP) is 3.38. The minimum Gasteiger partial charge on any atom is -0.379 e. The highest BCUT2D eigenvalue weighted by molar-refractivity contribution is 6.42. The van der Waals surface area contributed by atoms with Gasteiger partial charge in [-0.3, -0.25) is 9.69 Å². The van der Waals surface area contributed by atoms with Crippen molar-refractivity contribution < 1.29 is 9.53 Å². The molecular formula is C22H24Cl2N4O2. The molecule has 1 aromatic heterocycles. The number of imidazole rings is 1. The number of hydrogen-bond donors (Lipinski definition) is 1. The Bertz CT molecular complexity index is 1030. The molecule has 1 aliphatic rings. The molecular weight excluding hydrogens is 423 g/mol.